The van der Waals surface area contributed by atoms with Gasteiger partial charge in [-0.3, -0.25) is 0 Å². The van der Waals surface area contributed by atoms with E-state index >= 15 is 0 Å². The third-order valence-electron chi connectivity index (χ3n) is 4.80. The van der Waals surface area contributed by atoms with Gasteiger partial charge in [-0.25, -0.2) is 4.98 Å². The van der Waals surface area contributed by atoms with Crippen LogP contribution in [0.1, 0.15) is 45.9 Å². The molecule has 1 aromatic heterocycles. The Hall–Kier alpha value is -1.35. The minimum atomic E-state index is -0.629. The van der Waals surface area contributed by atoms with E-state index in [1.807, 2.05) is 25.2 Å². The molecule has 3 heteroatoms. The van der Waals surface area contributed by atoms with E-state index < -0.39 is 5.60 Å². The summed E-state index contributed by atoms with van der Waals surface area (Å²) in [5.41, 5.74) is 1.73. The number of benzene rings is 1. The van der Waals surface area contributed by atoms with Crippen LogP contribution < -0.4 is 0 Å². The lowest BCUT2D eigenvalue weighted by molar-refractivity contribution is -0.0589. The molecule has 0 aliphatic heterocycles. The summed E-state index contributed by atoms with van der Waals surface area (Å²) >= 11 is 0. The first kappa shape index (κ1) is 14.6. The van der Waals surface area contributed by atoms with E-state index in [4.69, 9.17) is 4.98 Å². The summed E-state index contributed by atoms with van der Waals surface area (Å²) in [6.45, 7) is 6.78. The number of imidazole rings is 1. The van der Waals surface area contributed by atoms with Crippen LogP contribution in [0.3, 0.4) is 0 Å². The molecule has 1 N–H and O–H groups in total. The maximum absolute atomic E-state index is 11.1. The molecule has 0 spiro atoms. The van der Waals surface area contributed by atoms with E-state index in [1.165, 1.54) is 6.42 Å². The van der Waals surface area contributed by atoms with Crippen LogP contribution in [-0.4, -0.2) is 20.3 Å². The number of fused-ring (bicyclic) bond motifs is 1. The Kier molecular flexibility index (Phi) is 3.36. The van der Waals surface area contributed by atoms with Crippen LogP contribution in [0.5, 0.6) is 0 Å². The zero-order valence-corrected chi connectivity index (χ0v) is 13.6. The first-order valence-corrected chi connectivity index (χ1v) is 7.91. The Labute approximate surface area is 127 Å². The van der Waals surface area contributed by atoms with E-state index in [0.29, 0.717) is 12.3 Å². The molecule has 1 fully saturated rings. The number of aliphatic hydroxyl groups is 1. The molecule has 21 heavy (non-hydrogen) atoms. The van der Waals surface area contributed by atoms with Crippen LogP contribution in [0.4, 0.5) is 0 Å². The maximum atomic E-state index is 11.1. The highest BCUT2D eigenvalue weighted by Crippen LogP contribution is 2.45. The number of aromatic nitrogens is 2. The quantitative estimate of drug-likeness (QED) is 0.914. The second kappa shape index (κ2) is 4.84. The van der Waals surface area contributed by atoms with Crippen molar-refractivity contribution in [3.63, 3.8) is 0 Å². The SMILES string of the molecule is CC1CC(C)(C)CC(O)(Cc2nc3ccccc3n2C)C1. The van der Waals surface area contributed by atoms with Gasteiger partial charge in [-0.15, -0.1) is 0 Å². The molecule has 2 atom stereocenters. The molecule has 2 unspecified atom stereocenters. The summed E-state index contributed by atoms with van der Waals surface area (Å²) in [4.78, 5) is 4.73. The highest BCUT2D eigenvalue weighted by Gasteiger charge is 2.42. The molecule has 0 bridgehead atoms. The van der Waals surface area contributed by atoms with Crippen molar-refractivity contribution in [2.24, 2.45) is 18.4 Å². The minimum Gasteiger partial charge on any atom is -0.389 e. The van der Waals surface area contributed by atoms with Crippen LogP contribution in [0, 0.1) is 11.3 Å². The second-order valence-corrected chi connectivity index (χ2v) is 7.83. The average molecular weight is 286 g/mol. The lowest BCUT2D eigenvalue weighted by Gasteiger charge is -2.44. The fourth-order valence-corrected chi connectivity index (χ4v) is 4.48. The normalized spacial score (nSPS) is 28.9. The molecule has 2 aromatic rings. The first-order chi connectivity index (χ1) is 9.78. The van der Waals surface area contributed by atoms with Gasteiger partial charge in [-0.1, -0.05) is 32.9 Å². The number of hydrogen-bond donors (Lipinski definition) is 1. The summed E-state index contributed by atoms with van der Waals surface area (Å²) in [5, 5.41) is 11.1. The fourth-order valence-electron chi connectivity index (χ4n) is 4.48. The third kappa shape index (κ3) is 2.84. The van der Waals surface area contributed by atoms with Gasteiger partial charge in [0, 0.05) is 13.5 Å². The molecule has 0 saturated heterocycles. The van der Waals surface area contributed by atoms with Crippen molar-refractivity contribution < 1.29 is 5.11 Å². The van der Waals surface area contributed by atoms with Crippen LogP contribution in [0.25, 0.3) is 11.0 Å². The Morgan fingerprint density at radius 1 is 1.29 bits per heavy atom. The van der Waals surface area contributed by atoms with Crippen LogP contribution in [-0.2, 0) is 13.5 Å². The Bertz CT molecular complexity index is 658. The fraction of sp³-hybridized carbons (Fsp3) is 0.611. The van der Waals surface area contributed by atoms with Gasteiger partial charge in [0.05, 0.1) is 16.6 Å². The average Bonchev–Trinajstić information content (AvgIpc) is 2.63. The maximum Gasteiger partial charge on any atom is 0.112 e. The molecule has 0 radical (unpaired) electrons. The van der Waals surface area contributed by atoms with E-state index in [-0.39, 0.29) is 5.41 Å². The Balaban J connectivity index is 1.92. The van der Waals surface area contributed by atoms with Crippen molar-refractivity contribution in [1.82, 2.24) is 9.55 Å². The van der Waals surface area contributed by atoms with Gasteiger partial charge in [-0.2, -0.15) is 0 Å². The van der Waals surface area contributed by atoms with Gasteiger partial charge in [-0.05, 0) is 42.7 Å². The standard InChI is InChI=1S/C18H26N2O/c1-13-9-17(2,3)12-18(21,10-13)11-16-19-14-7-5-6-8-15(14)20(16)4/h5-8,13,21H,9-12H2,1-4H3. The molecule has 3 nitrogen and oxygen atoms in total. The van der Waals surface area contributed by atoms with Crippen molar-refractivity contribution in [2.75, 3.05) is 0 Å². The second-order valence-electron chi connectivity index (χ2n) is 7.83. The van der Waals surface area contributed by atoms with Gasteiger partial charge in [0.2, 0.25) is 0 Å². The van der Waals surface area contributed by atoms with Crippen molar-refractivity contribution in [3.05, 3.63) is 30.1 Å². The van der Waals surface area contributed by atoms with Crippen molar-refractivity contribution in [2.45, 2.75) is 52.1 Å². The van der Waals surface area contributed by atoms with E-state index in [9.17, 15) is 5.11 Å². The van der Waals surface area contributed by atoms with E-state index in [2.05, 4.69) is 31.4 Å². The number of aryl methyl sites for hydroxylation is 1. The predicted molar refractivity (Wildman–Crippen MR) is 86.2 cm³/mol. The van der Waals surface area contributed by atoms with Crippen LogP contribution in [0.15, 0.2) is 24.3 Å². The molecular formula is C18H26N2O. The number of rotatable bonds is 2. The molecule has 1 saturated carbocycles. The molecule has 1 aliphatic carbocycles. The van der Waals surface area contributed by atoms with Crippen LogP contribution in [0.2, 0.25) is 0 Å². The number of nitrogens with zero attached hydrogens (tertiary/aromatic N) is 2. The van der Waals surface area contributed by atoms with Gasteiger partial charge >= 0.3 is 0 Å². The van der Waals surface area contributed by atoms with Gasteiger partial charge in [0.1, 0.15) is 5.82 Å². The van der Waals surface area contributed by atoms with Gasteiger partial charge < -0.3 is 9.67 Å². The Morgan fingerprint density at radius 2 is 2.00 bits per heavy atom. The van der Waals surface area contributed by atoms with E-state index in [1.54, 1.807) is 0 Å². The molecule has 3 rings (SSSR count). The summed E-state index contributed by atoms with van der Waals surface area (Å²) < 4.78 is 2.12. The van der Waals surface area contributed by atoms with Crippen molar-refractivity contribution in [1.29, 1.82) is 0 Å². The van der Waals surface area contributed by atoms with Crippen LogP contribution >= 0.6 is 0 Å². The predicted octanol–water partition coefficient (Wildman–Crippen LogP) is 3.69. The summed E-state index contributed by atoms with van der Waals surface area (Å²) in [6.07, 6.45) is 3.57. The van der Waals surface area contributed by atoms with Gasteiger partial charge in [0.25, 0.3) is 0 Å². The molecule has 1 aliphatic rings. The number of para-hydroxylation sites is 2. The smallest absolute Gasteiger partial charge is 0.112 e. The Morgan fingerprint density at radius 3 is 2.67 bits per heavy atom. The molecule has 0 amide bonds. The molecular weight excluding hydrogens is 260 g/mol. The topological polar surface area (TPSA) is 38.1 Å². The third-order valence-corrected chi connectivity index (χ3v) is 4.80. The lowest BCUT2D eigenvalue weighted by atomic mass is 9.65. The largest absolute Gasteiger partial charge is 0.389 e. The highest BCUT2D eigenvalue weighted by atomic mass is 16.3. The van der Waals surface area contributed by atoms with E-state index in [0.717, 1.165) is 29.7 Å². The summed E-state index contributed by atoms with van der Waals surface area (Å²) in [7, 11) is 2.05. The van der Waals surface area contributed by atoms with Gasteiger partial charge in [0.15, 0.2) is 0 Å². The first-order valence-electron chi connectivity index (χ1n) is 7.91. The zero-order chi connectivity index (χ0) is 15.3. The molecule has 1 aromatic carbocycles. The molecule has 1 heterocycles. The zero-order valence-electron chi connectivity index (χ0n) is 13.6. The monoisotopic (exact) mass is 286 g/mol. The lowest BCUT2D eigenvalue weighted by Crippen LogP contribution is -2.44. The van der Waals surface area contributed by atoms with Crippen molar-refractivity contribution >= 4 is 11.0 Å². The molecule has 114 valence electrons. The summed E-state index contributed by atoms with van der Waals surface area (Å²) in [6, 6.07) is 8.17. The number of hydrogen-bond acceptors (Lipinski definition) is 2. The summed E-state index contributed by atoms with van der Waals surface area (Å²) in [5.74, 6) is 1.55. The minimum absolute atomic E-state index is 0.205. The van der Waals surface area contributed by atoms with Crippen molar-refractivity contribution in [3.8, 4) is 0 Å². The highest BCUT2D eigenvalue weighted by molar-refractivity contribution is 5.75.